The van der Waals surface area contributed by atoms with Crippen LogP contribution in [0, 0.1) is 0 Å². The fourth-order valence-corrected chi connectivity index (χ4v) is 0. The second kappa shape index (κ2) is 6.04. The van der Waals surface area contributed by atoms with Crippen LogP contribution in [-0.4, -0.2) is 44.3 Å². The van der Waals surface area contributed by atoms with Gasteiger partial charge in [-0.25, -0.2) is 8.60 Å². The van der Waals surface area contributed by atoms with Crippen LogP contribution in [0.15, 0.2) is 0 Å². The second-order valence-electron chi connectivity index (χ2n) is 0.431. The second-order valence-corrected chi connectivity index (χ2v) is 1.29. The van der Waals surface area contributed by atoms with Crippen LogP contribution in [-0.2, 0) is 11.1 Å². The van der Waals surface area contributed by atoms with E-state index in [1.807, 2.05) is 0 Å². The average Bonchev–Trinajstić information content (AvgIpc) is 1.38. The molecule has 0 amide bonds. The van der Waals surface area contributed by atoms with Crippen molar-refractivity contribution >= 4 is 40.6 Å². The first-order valence-electron chi connectivity index (χ1n) is 0.905. The van der Waals surface area contributed by atoms with Crippen LogP contribution in [0.2, 0.25) is 0 Å². The summed E-state index contributed by atoms with van der Waals surface area (Å²) in [6.07, 6.45) is 0. The molecule has 2 nitrogen and oxygen atoms in total. The zero-order valence-corrected chi connectivity index (χ0v) is 3.17. The Kier molecular flexibility index (Phi) is 10.2. The normalized spacial score (nSPS) is 12.3. The molecule has 0 fully saturated rings. The van der Waals surface area contributed by atoms with Gasteiger partial charge >= 0.3 is 29.6 Å². The average molecular weight is 122 g/mol. The van der Waals surface area contributed by atoms with Crippen LogP contribution >= 0.6 is 0 Å². The van der Waals surface area contributed by atoms with Gasteiger partial charge in [-0.2, -0.15) is 0 Å². The van der Waals surface area contributed by atoms with Crippen molar-refractivity contribution in [2.75, 3.05) is 6.01 Å². The van der Waals surface area contributed by atoms with Gasteiger partial charge in [0.15, 0.2) is 17.1 Å². The summed E-state index contributed by atoms with van der Waals surface area (Å²) in [5.74, 6) is 0. The number of halogens is 1. The molecule has 6 heavy (non-hydrogen) atoms. The van der Waals surface area contributed by atoms with Gasteiger partial charge in [-0.3, -0.25) is 0 Å². The van der Waals surface area contributed by atoms with Crippen molar-refractivity contribution in [1.82, 2.24) is 0 Å². The van der Waals surface area contributed by atoms with Gasteiger partial charge in [0.25, 0.3) is 0 Å². The van der Waals surface area contributed by atoms with E-state index in [9.17, 15) is 4.39 Å². The number of hydrogen-bond donors (Lipinski definition) is 1. The summed E-state index contributed by atoms with van der Waals surface area (Å²) >= 11 is -2.24. The molecule has 0 aromatic heterocycles. The summed E-state index contributed by atoms with van der Waals surface area (Å²) in [7, 11) is 0. The molecule has 0 saturated heterocycles. The standard InChI is InChI=1S/CH3FO2S.Na.H/c2-1-5(3)4;;/h1H2,(H,3,4);;. The molecule has 34 valence electrons. The molecule has 1 atom stereocenters. The van der Waals surface area contributed by atoms with Crippen molar-refractivity contribution in [1.29, 1.82) is 0 Å². The fourth-order valence-electron chi connectivity index (χ4n) is 0. The minimum absolute atomic E-state index is 0. The molecule has 0 radical (unpaired) electrons. The van der Waals surface area contributed by atoms with E-state index in [0.29, 0.717) is 0 Å². The third-order valence-corrected chi connectivity index (χ3v) is 0.280. The molecule has 0 aliphatic heterocycles. The Bertz CT molecular complexity index is 48.8. The summed E-state index contributed by atoms with van der Waals surface area (Å²) in [5, 5.41) is 0. The van der Waals surface area contributed by atoms with Crippen molar-refractivity contribution < 1.29 is 13.2 Å². The van der Waals surface area contributed by atoms with E-state index in [-0.39, 0.29) is 29.6 Å². The van der Waals surface area contributed by atoms with E-state index in [2.05, 4.69) is 0 Å². The SMILES string of the molecule is O=S(O)CF.[NaH]. The molecule has 0 heterocycles. The van der Waals surface area contributed by atoms with Gasteiger partial charge in [-0.15, -0.1) is 0 Å². The molecule has 0 aliphatic rings. The van der Waals surface area contributed by atoms with Crippen LogP contribution < -0.4 is 0 Å². The first-order valence-corrected chi connectivity index (χ1v) is 2.18. The van der Waals surface area contributed by atoms with E-state index < -0.39 is 17.1 Å². The first kappa shape index (κ1) is 10.1. The molecule has 1 N–H and O–H groups in total. The summed E-state index contributed by atoms with van der Waals surface area (Å²) in [6, 6.07) is -1.17. The maximum absolute atomic E-state index is 10.6. The molecule has 0 bridgehead atoms. The molecular weight excluding hydrogens is 118 g/mol. The summed E-state index contributed by atoms with van der Waals surface area (Å²) in [4.78, 5) is 0. The van der Waals surface area contributed by atoms with Crippen molar-refractivity contribution in [2.24, 2.45) is 0 Å². The van der Waals surface area contributed by atoms with Crippen LogP contribution in [0.1, 0.15) is 0 Å². The Morgan fingerprint density at radius 2 is 2.00 bits per heavy atom. The van der Waals surface area contributed by atoms with Crippen LogP contribution in [0.4, 0.5) is 4.39 Å². The van der Waals surface area contributed by atoms with Crippen molar-refractivity contribution in [2.45, 2.75) is 0 Å². The number of alkyl halides is 1. The molecule has 0 aliphatic carbocycles. The number of rotatable bonds is 1. The van der Waals surface area contributed by atoms with Crippen molar-refractivity contribution in [3.63, 3.8) is 0 Å². The van der Waals surface area contributed by atoms with Gasteiger partial charge in [0.1, 0.15) is 0 Å². The molecule has 0 spiro atoms. The van der Waals surface area contributed by atoms with Crippen molar-refractivity contribution in [3.05, 3.63) is 0 Å². The van der Waals surface area contributed by atoms with E-state index in [1.165, 1.54) is 0 Å². The monoisotopic (exact) mass is 122 g/mol. The maximum atomic E-state index is 10.6. The topological polar surface area (TPSA) is 37.3 Å². The molecule has 1 unspecified atom stereocenters. The Morgan fingerprint density at radius 3 is 2.00 bits per heavy atom. The predicted molar refractivity (Wildman–Crippen MR) is 23.9 cm³/mol. The number of hydrogen-bond acceptors (Lipinski definition) is 1. The van der Waals surface area contributed by atoms with Gasteiger partial charge < -0.3 is 4.55 Å². The predicted octanol–water partition coefficient (Wildman–Crippen LogP) is -0.513. The quantitative estimate of drug-likeness (QED) is 0.375. The van der Waals surface area contributed by atoms with Gasteiger partial charge in [0.2, 0.25) is 0 Å². The van der Waals surface area contributed by atoms with E-state index in [0.717, 1.165) is 0 Å². The van der Waals surface area contributed by atoms with Gasteiger partial charge in [-0.05, 0) is 0 Å². The van der Waals surface area contributed by atoms with Crippen LogP contribution in [0.25, 0.3) is 0 Å². The van der Waals surface area contributed by atoms with E-state index >= 15 is 0 Å². The van der Waals surface area contributed by atoms with Crippen molar-refractivity contribution in [3.8, 4) is 0 Å². The molecule has 5 heteroatoms. The zero-order valence-electron chi connectivity index (χ0n) is 2.35. The Balaban J connectivity index is 0. The molecule has 0 aromatic carbocycles. The third kappa shape index (κ3) is 8.90. The molecule has 0 aromatic rings. The first-order chi connectivity index (χ1) is 2.27. The van der Waals surface area contributed by atoms with Crippen LogP contribution in [0.5, 0.6) is 0 Å². The zero-order chi connectivity index (χ0) is 4.28. The van der Waals surface area contributed by atoms with Gasteiger partial charge in [-0.1, -0.05) is 0 Å². The summed E-state index contributed by atoms with van der Waals surface area (Å²) in [6.45, 7) is 0. The molecule has 0 rings (SSSR count). The Labute approximate surface area is 59.7 Å². The Hall–Kier alpha value is 1.04. The summed E-state index contributed by atoms with van der Waals surface area (Å²) < 4.78 is 27.1. The van der Waals surface area contributed by atoms with E-state index in [1.54, 1.807) is 0 Å². The molecular formula is CH4FNaO2S. The summed E-state index contributed by atoms with van der Waals surface area (Å²) in [5.41, 5.74) is 0. The van der Waals surface area contributed by atoms with Crippen LogP contribution in [0.3, 0.4) is 0 Å². The third-order valence-electron chi connectivity index (χ3n) is 0.0933. The Morgan fingerprint density at radius 1 is 1.83 bits per heavy atom. The fraction of sp³-hybridized carbons (Fsp3) is 1.00. The van der Waals surface area contributed by atoms with E-state index in [4.69, 9.17) is 8.76 Å². The van der Waals surface area contributed by atoms with Gasteiger partial charge in [0, 0.05) is 0 Å². The van der Waals surface area contributed by atoms with Gasteiger partial charge in [0.05, 0.1) is 0 Å². The molecule has 0 saturated carbocycles. The minimum atomic E-state index is -2.24.